The Morgan fingerprint density at radius 2 is 1.67 bits per heavy atom. The van der Waals surface area contributed by atoms with E-state index in [0.717, 1.165) is 57.7 Å². The summed E-state index contributed by atoms with van der Waals surface area (Å²) < 4.78 is 5.97. The van der Waals surface area contributed by atoms with E-state index in [2.05, 4.69) is 65.6 Å². The summed E-state index contributed by atoms with van der Waals surface area (Å²) in [5.74, 6) is 0.960. The van der Waals surface area contributed by atoms with Crippen LogP contribution in [0, 0.1) is 5.92 Å². The predicted octanol–water partition coefficient (Wildman–Crippen LogP) is 5.83. The summed E-state index contributed by atoms with van der Waals surface area (Å²) in [7, 11) is 0. The third-order valence-corrected chi connectivity index (χ3v) is 6.22. The normalized spacial score (nSPS) is 15.4. The zero-order valence-electron chi connectivity index (χ0n) is 17.2. The fourth-order valence-corrected chi connectivity index (χ4v) is 4.37. The van der Waals surface area contributed by atoms with Gasteiger partial charge in [0.05, 0.1) is 6.61 Å². The standard InChI is InChI=1S/C26H28ClNO2/c27-26(29)22-12-14-28(15-13-22)19-21-8-9-24-18-25(11-10-23(24)17-21)30-16-4-7-20-5-2-1-3-6-20/h1-3,5-6,8-11,17-18,22H,4,7,12-16,19H2. The highest BCUT2D eigenvalue weighted by atomic mass is 35.5. The van der Waals surface area contributed by atoms with E-state index in [0.29, 0.717) is 0 Å². The first-order valence-corrected chi connectivity index (χ1v) is 11.2. The molecule has 0 aliphatic carbocycles. The number of rotatable bonds is 8. The lowest BCUT2D eigenvalue weighted by atomic mass is 9.97. The number of halogens is 1. The Kier molecular flexibility index (Phi) is 7.03. The third kappa shape index (κ3) is 5.62. The molecule has 1 fully saturated rings. The van der Waals surface area contributed by atoms with Gasteiger partial charge in [-0.1, -0.05) is 48.5 Å². The Balaban J connectivity index is 1.29. The van der Waals surface area contributed by atoms with Crippen LogP contribution in [0.4, 0.5) is 0 Å². The molecule has 156 valence electrons. The number of carbonyl (C=O) groups excluding carboxylic acids is 1. The van der Waals surface area contributed by atoms with Crippen molar-refractivity contribution < 1.29 is 9.53 Å². The van der Waals surface area contributed by atoms with Gasteiger partial charge in [0, 0.05) is 12.5 Å². The second-order valence-corrected chi connectivity index (χ2v) is 8.51. The molecule has 30 heavy (non-hydrogen) atoms. The molecule has 0 spiro atoms. The molecule has 0 amide bonds. The maximum atomic E-state index is 11.3. The van der Waals surface area contributed by atoms with E-state index in [4.69, 9.17) is 16.3 Å². The van der Waals surface area contributed by atoms with E-state index in [1.54, 1.807) is 0 Å². The van der Waals surface area contributed by atoms with Gasteiger partial charge in [0.25, 0.3) is 0 Å². The van der Waals surface area contributed by atoms with Crippen molar-refractivity contribution in [1.29, 1.82) is 0 Å². The summed E-state index contributed by atoms with van der Waals surface area (Å²) >= 11 is 5.64. The van der Waals surface area contributed by atoms with Crippen LogP contribution in [-0.4, -0.2) is 29.8 Å². The van der Waals surface area contributed by atoms with Crippen LogP contribution in [0.3, 0.4) is 0 Å². The summed E-state index contributed by atoms with van der Waals surface area (Å²) in [4.78, 5) is 13.7. The number of carbonyl (C=O) groups is 1. The summed E-state index contributed by atoms with van der Waals surface area (Å²) in [6.45, 7) is 3.49. The molecule has 0 radical (unpaired) electrons. The Hall–Kier alpha value is -2.36. The fourth-order valence-electron chi connectivity index (χ4n) is 4.15. The van der Waals surface area contributed by atoms with Crippen molar-refractivity contribution in [1.82, 2.24) is 4.90 Å². The molecule has 0 unspecified atom stereocenters. The van der Waals surface area contributed by atoms with E-state index in [1.807, 2.05) is 6.07 Å². The third-order valence-electron chi connectivity index (χ3n) is 5.91. The molecule has 3 aromatic rings. The number of piperidine rings is 1. The second kappa shape index (κ2) is 10.1. The molecule has 4 rings (SSSR count). The molecule has 1 aliphatic rings. The van der Waals surface area contributed by atoms with Crippen molar-refractivity contribution in [3.05, 3.63) is 77.9 Å². The van der Waals surface area contributed by atoms with Crippen LogP contribution in [0.1, 0.15) is 30.4 Å². The van der Waals surface area contributed by atoms with Crippen LogP contribution >= 0.6 is 11.6 Å². The largest absolute Gasteiger partial charge is 0.494 e. The van der Waals surface area contributed by atoms with Crippen molar-refractivity contribution in [3.63, 3.8) is 0 Å². The summed E-state index contributed by atoms with van der Waals surface area (Å²) in [6.07, 6.45) is 3.77. The Morgan fingerprint density at radius 3 is 2.43 bits per heavy atom. The minimum Gasteiger partial charge on any atom is -0.494 e. The molecule has 0 saturated carbocycles. The van der Waals surface area contributed by atoms with Crippen molar-refractivity contribution in [2.75, 3.05) is 19.7 Å². The monoisotopic (exact) mass is 421 g/mol. The number of likely N-dealkylation sites (tertiary alicyclic amines) is 1. The van der Waals surface area contributed by atoms with Crippen molar-refractivity contribution in [2.45, 2.75) is 32.2 Å². The van der Waals surface area contributed by atoms with Gasteiger partial charge in [0.2, 0.25) is 5.24 Å². The average molecular weight is 422 g/mol. The molecule has 3 nitrogen and oxygen atoms in total. The highest BCUT2D eigenvalue weighted by Crippen LogP contribution is 2.25. The smallest absolute Gasteiger partial charge is 0.224 e. The molecule has 3 aromatic carbocycles. The second-order valence-electron chi connectivity index (χ2n) is 8.14. The number of nitrogens with zero attached hydrogens (tertiary/aromatic N) is 1. The van der Waals surface area contributed by atoms with Gasteiger partial charge < -0.3 is 4.74 Å². The first-order chi connectivity index (χ1) is 14.7. The van der Waals surface area contributed by atoms with Crippen molar-refractivity contribution in [2.24, 2.45) is 5.92 Å². The van der Waals surface area contributed by atoms with Gasteiger partial charge >= 0.3 is 0 Å². The SMILES string of the molecule is O=C(Cl)C1CCN(Cc2ccc3cc(OCCCc4ccccc4)ccc3c2)CC1. The van der Waals surface area contributed by atoms with Crippen LogP contribution in [-0.2, 0) is 17.8 Å². The molecule has 4 heteroatoms. The topological polar surface area (TPSA) is 29.5 Å². The number of hydrogen-bond acceptors (Lipinski definition) is 3. The zero-order valence-corrected chi connectivity index (χ0v) is 18.0. The quantitative estimate of drug-likeness (QED) is 0.338. The molecule has 1 saturated heterocycles. The highest BCUT2D eigenvalue weighted by molar-refractivity contribution is 6.63. The number of fused-ring (bicyclic) bond motifs is 1. The Morgan fingerprint density at radius 1 is 0.933 bits per heavy atom. The molecule has 1 heterocycles. The minimum absolute atomic E-state index is 0.0330. The van der Waals surface area contributed by atoms with E-state index in [-0.39, 0.29) is 11.2 Å². The molecular formula is C26H28ClNO2. The number of aryl methyl sites for hydroxylation is 1. The summed E-state index contributed by atoms with van der Waals surface area (Å²) in [5.41, 5.74) is 2.65. The summed E-state index contributed by atoms with van der Waals surface area (Å²) in [5, 5.41) is 2.25. The number of hydrogen-bond donors (Lipinski definition) is 0. The molecule has 0 atom stereocenters. The lowest BCUT2D eigenvalue weighted by Gasteiger charge is -2.30. The van der Waals surface area contributed by atoms with Gasteiger partial charge in [0.15, 0.2) is 0 Å². The van der Waals surface area contributed by atoms with E-state index < -0.39 is 0 Å². The van der Waals surface area contributed by atoms with Crippen LogP contribution in [0.5, 0.6) is 5.75 Å². The highest BCUT2D eigenvalue weighted by Gasteiger charge is 2.23. The van der Waals surface area contributed by atoms with Crippen LogP contribution in [0.15, 0.2) is 66.7 Å². The van der Waals surface area contributed by atoms with Gasteiger partial charge in [-0.05, 0) is 90.5 Å². The predicted molar refractivity (Wildman–Crippen MR) is 123 cm³/mol. The van der Waals surface area contributed by atoms with E-state index in [9.17, 15) is 4.79 Å². The van der Waals surface area contributed by atoms with Crippen LogP contribution in [0.2, 0.25) is 0 Å². The maximum absolute atomic E-state index is 11.3. The van der Waals surface area contributed by atoms with Crippen LogP contribution < -0.4 is 4.74 Å². The van der Waals surface area contributed by atoms with Gasteiger partial charge in [0.1, 0.15) is 5.75 Å². The minimum atomic E-state index is -0.182. The van der Waals surface area contributed by atoms with E-state index in [1.165, 1.54) is 21.9 Å². The maximum Gasteiger partial charge on any atom is 0.224 e. The molecule has 0 aromatic heterocycles. The first-order valence-electron chi connectivity index (χ1n) is 10.8. The average Bonchev–Trinajstić information content (AvgIpc) is 2.78. The van der Waals surface area contributed by atoms with Gasteiger partial charge in [-0.2, -0.15) is 0 Å². The van der Waals surface area contributed by atoms with Gasteiger partial charge in [-0.3, -0.25) is 9.69 Å². The van der Waals surface area contributed by atoms with Gasteiger partial charge in [-0.25, -0.2) is 0 Å². The van der Waals surface area contributed by atoms with Crippen LogP contribution in [0.25, 0.3) is 10.8 Å². The fraction of sp³-hybridized carbons (Fsp3) is 0.346. The van der Waals surface area contributed by atoms with Crippen molar-refractivity contribution >= 4 is 27.6 Å². The molecule has 0 N–H and O–H groups in total. The zero-order chi connectivity index (χ0) is 20.8. The lowest BCUT2D eigenvalue weighted by molar-refractivity contribution is -0.116. The van der Waals surface area contributed by atoms with E-state index >= 15 is 0 Å². The first kappa shape index (κ1) is 20.9. The molecule has 1 aliphatic heterocycles. The molecule has 0 bridgehead atoms. The van der Waals surface area contributed by atoms with Gasteiger partial charge in [-0.15, -0.1) is 0 Å². The number of ether oxygens (including phenoxy) is 1. The molecular weight excluding hydrogens is 394 g/mol. The Labute approximate surface area is 183 Å². The number of benzene rings is 3. The lowest BCUT2D eigenvalue weighted by Crippen LogP contribution is -2.34. The Bertz CT molecular complexity index is 981. The van der Waals surface area contributed by atoms with Crippen molar-refractivity contribution in [3.8, 4) is 5.75 Å². The summed E-state index contributed by atoms with van der Waals surface area (Å²) in [6, 6.07) is 23.5.